The van der Waals surface area contributed by atoms with Crippen LogP contribution in [0.3, 0.4) is 0 Å². The van der Waals surface area contributed by atoms with Crippen molar-refractivity contribution in [2.45, 2.75) is 38.6 Å². The number of hydrogen-bond donors (Lipinski definition) is 1. The highest BCUT2D eigenvalue weighted by Crippen LogP contribution is 2.29. The third-order valence-corrected chi connectivity index (χ3v) is 6.09. The van der Waals surface area contributed by atoms with E-state index in [9.17, 15) is 4.79 Å². The third-order valence-electron chi connectivity index (χ3n) is 4.80. The van der Waals surface area contributed by atoms with Gasteiger partial charge in [0.15, 0.2) is 0 Å². The van der Waals surface area contributed by atoms with Crippen LogP contribution in [0, 0.1) is 20.8 Å². The summed E-state index contributed by atoms with van der Waals surface area (Å²) in [5.41, 5.74) is 5.10. The van der Waals surface area contributed by atoms with Gasteiger partial charge >= 0.3 is 0 Å². The molecule has 1 atom stereocenters. The Hall–Kier alpha value is -2.73. The molecule has 5 nitrogen and oxygen atoms in total. The normalized spacial score (nSPS) is 11.9. The van der Waals surface area contributed by atoms with E-state index < -0.39 is 0 Å². The van der Waals surface area contributed by atoms with E-state index in [1.807, 2.05) is 74.8 Å². The number of aryl methyl sites for hydroxylation is 2. The van der Waals surface area contributed by atoms with E-state index in [1.54, 1.807) is 7.11 Å². The van der Waals surface area contributed by atoms with Gasteiger partial charge in [-0.1, -0.05) is 35.9 Å². The summed E-state index contributed by atoms with van der Waals surface area (Å²) in [6.07, 6.45) is 0. The molecular formula is C23H27N3O2S. The Kier molecular flexibility index (Phi) is 6.64. The monoisotopic (exact) mass is 409 g/mol. The molecule has 1 aromatic heterocycles. The summed E-state index contributed by atoms with van der Waals surface area (Å²) in [6, 6.07) is 15.9. The average molecular weight is 410 g/mol. The molecule has 0 bridgehead atoms. The van der Waals surface area contributed by atoms with Crippen molar-refractivity contribution in [3.05, 3.63) is 71.0 Å². The minimum Gasteiger partial charge on any atom is -0.496 e. The lowest BCUT2D eigenvalue weighted by Gasteiger charge is -2.18. The highest BCUT2D eigenvalue weighted by Gasteiger charge is 2.17. The smallest absolute Gasteiger partial charge is 0.230 e. The van der Waals surface area contributed by atoms with Crippen molar-refractivity contribution < 1.29 is 9.53 Å². The molecule has 152 valence electrons. The van der Waals surface area contributed by atoms with Crippen molar-refractivity contribution in [1.29, 1.82) is 0 Å². The van der Waals surface area contributed by atoms with Gasteiger partial charge in [-0.3, -0.25) is 4.79 Å². The average Bonchev–Trinajstić information content (AvgIpc) is 3.00. The van der Waals surface area contributed by atoms with Crippen molar-refractivity contribution in [2.24, 2.45) is 0 Å². The van der Waals surface area contributed by atoms with E-state index in [1.165, 1.54) is 11.8 Å². The van der Waals surface area contributed by atoms with Gasteiger partial charge in [0, 0.05) is 5.56 Å². The number of amides is 1. The molecule has 0 aliphatic rings. The minimum atomic E-state index is -0.132. The van der Waals surface area contributed by atoms with Gasteiger partial charge in [0.1, 0.15) is 5.75 Å². The Morgan fingerprint density at radius 1 is 1.17 bits per heavy atom. The van der Waals surface area contributed by atoms with E-state index in [2.05, 4.69) is 16.5 Å². The lowest BCUT2D eigenvalue weighted by Crippen LogP contribution is -2.28. The third kappa shape index (κ3) is 4.82. The molecule has 0 aliphatic carbocycles. The number of carbonyl (C=O) groups excluding carboxylic acids is 1. The summed E-state index contributed by atoms with van der Waals surface area (Å²) < 4.78 is 7.37. The van der Waals surface area contributed by atoms with Crippen LogP contribution in [0.1, 0.15) is 35.5 Å². The zero-order valence-corrected chi connectivity index (χ0v) is 18.3. The second kappa shape index (κ2) is 9.18. The lowest BCUT2D eigenvalue weighted by atomic mass is 10.0. The molecule has 2 aromatic carbocycles. The van der Waals surface area contributed by atoms with Crippen molar-refractivity contribution in [2.75, 3.05) is 12.9 Å². The minimum absolute atomic E-state index is 0.0164. The molecule has 0 spiro atoms. The van der Waals surface area contributed by atoms with Gasteiger partial charge in [-0.15, -0.1) is 11.8 Å². The van der Waals surface area contributed by atoms with Crippen LogP contribution in [-0.4, -0.2) is 28.6 Å². The number of benzene rings is 2. The Labute approximate surface area is 176 Å². The quantitative estimate of drug-likeness (QED) is 0.571. The van der Waals surface area contributed by atoms with Crippen molar-refractivity contribution in [1.82, 2.24) is 15.1 Å². The van der Waals surface area contributed by atoms with Crippen molar-refractivity contribution >= 4 is 17.7 Å². The molecule has 0 aliphatic heterocycles. The molecule has 1 amide bonds. The molecule has 29 heavy (non-hydrogen) atoms. The van der Waals surface area contributed by atoms with E-state index in [0.717, 1.165) is 38.8 Å². The standard InChI is InChI=1S/C23H27N3O2S/c1-15-11-12-21(28-5)20(13-15)16(2)24-22(27)14-29-23-17(3)25-26(18(23)4)19-9-7-6-8-10-19/h6-13,16H,14H2,1-5H3,(H,24,27)/t16-/m0/s1. The highest BCUT2D eigenvalue weighted by atomic mass is 32.2. The summed E-state index contributed by atoms with van der Waals surface area (Å²) in [5, 5.41) is 7.73. The van der Waals surface area contributed by atoms with Crippen LogP contribution in [0.15, 0.2) is 53.4 Å². The van der Waals surface area contributed by atoms with Gasteiger partial charge in [0.05, 0.1) is 40.9 Å². The van der Waals surface area contributed by atoms with Gasteiger partial charge in [0.2, 0.25) is 5.91 Å². The molecular weight excluding hydrogens is 382 g/mol. The summed E-state index contributed by atoms with van der Waals surface area (Å²) >= 11 is 1.52. The number of rotatable bonds is 7. The summed E-state index contributed by atoms with van der Waals surface area (Å²) in [6.45, 7) is 8.02. The summed E-state index contributed by atoms with van der Waals surface area (Å²) in [5.74, 6) is 1.10. The van der Waals surface area contributed by atoms with E-state index in [-0.39, 0.29) is 11.9 Å². The summed E-state index contributed by atoms with van der Waals surface area (Å²) in [7, 11) is 1.65. The van der Waals surface area contributed by atoms with Crippen LogP contribution >= 0.6 is 11.8 Å². The molecule has 3 rings (SSSR count). The topological polar surface area (TPSA) is 56.1 Å². The molecule has 0 saturated heterocycles. The fourth-order valence-corrected chi connectivity index (χ4v) is 4.25. The predicted octanol–water partition coefficient (Wildman–Crippen LogP) is 4.78. The molecule has 0 radical (unpaired) electrons. The number of hydrogen-bond acceptors (Lipinski definition) is 4. The van der Waals surface area contributed by atoms with Crippen LogP contribution in [0.5, 0.6) is 5.75 Å². The maximum absolute atomic E-state index is 12.6. The molecule has 6 heteroatoms. The van der Waals surface area contributed by atoms with Crippen LogP contribution in [0.25, 0.3) is 5.69 Å². The van der Waals surface area contributed by atoms with Gasteiger partial charge in [0.25, 0.3) is 0 Å². The number of ether oxygens (including phenoxy) is 1. The Morgan fingerprint density at radius 2 is 1.90 bits per heavy atom. The van der Waals surface area contributed by atoms with Gasteiger partial charge in [-0.25, -0.2) is 4.68 Å². The second-order valence-electron chi connectivity index (χ2n) is 7.07. The maximum Gasteiger partial charge on any atom is 0.230 e. The second-order valence-corrected chi connectivity index (χ2v) is 8.06. The summed E-state index contributed by atoms with van der Waals surface area (Å²) in [4.78, 5) is 13.6. The molecule has 1 heterocycles. The number of nitrogens with zero attached hydrogens (tertiary/aromatic N) is 2. The zero-order valence-electron chi connectivity index (χ0n) is 17.5. The largest absolute Gasteiger partial charge is 0.496 e. The fraction of sp³-hybridized carbons (Fsp3) is 0.304. The van der Waals surface area contributed by atoms with Crippen LogP contribution in [0.4, 0.5) is 0 Å². The molecule has 0 unspecified atom stereocenters. The van der Waals surface area contributed by atoms with Crippen LogP contribution in [0.2, 0.25) is 0 Å². The first-order valence-corrected chi connectivity index (χ1v) is 10.6. The van der Waals surface area contributed by atoms with Crippen LogP contribution < -0.4 is 10.1 Å². The number of methoxy groups -OCH3 is 1. The maximum atomic E-state index is 12.6. The Balaban J connectivity index is 1.67. The van der Waals surface area contributed by atoms with E-state index in [0.29, 0.717) is 5.75 Å². The number of carbonyl (C=O) groups is 1. The predicted molar refractivity (Wildman–Crippen MR) is 118 cm³/mol. The first-order chi connectivity index (χ1) is 13.9. The Bertz CT molecular complexity index is 999. The van der Waals surface area contributed by atoms with Gasteiger partial charge in [-0.2, -0.15) is 5.10 Å². The molecule has 3 aromatic rings. The SMILES string of the molecule is COc1ccc(C)cc1[C@H](C)NC(=O)CSc1c(C)nn(-c2ccccc2)c1C. The van der Waals surface area contributed by atoms with Crippen molar-refractivity contribution in [3.8, 4) is 11.4 Å². The lowest BCUT2D eigenvalue weighted by molar-refractivity contribution is -0.119. The number of nitrogens with one attached hydrogen (secondary N) is 1. The fourth-order valence-electron chi connectivity index (χ4n) is 3.35. The molecule has 0 saturated carbocycles. The van der Waals surface area contributed by atoms with Gasteiger partial charge in [-0.05, 0) is 45.9 Å². The van der Waals surface area contributed by atoms with Gasteiger partial charge < -0.3 is 10.1 Å². The molecule has 1 N–H and O–H groups in total. The number of thioether (sulfide) groups is 1. The first-order valence-electron chi connectivity index (χ1n) is 9.59. The highest BCUT2D eigenvalue weighted by molar-refractivity contribution is 8.00. The Morgan fingerprint density at radius 3 is 2.59 bits per heavy atom. The van der Waals surface area contributed by atoms with E-state index >= 15 is 0 Å². The van der Waals surface area contributed by atoms with Crippen LogP contribution in [-0.2, 0) is 4.79 Å². The number of aromatic nitrogens is 2. The van der Waals surface area contributed by atoms with E-state index in [4.69, 9.17) is 4.74 Å². The first kappa shape index (κ1) is 21.0. The number of para-hydroxylation sites is 1. The van der Waals surface area contributed by atoms with Crippen molar-refractivity contribution in [3.63, 3.8) is 0 Å². The molecule has 0 fully saturated rings. The zero-order chi connectivity index (χ0) is 21.0.